The highest BCUT2D eigenvalue weighted by Crippen LogP contribution is 2.34. The van der Waals surface area contributed by atoms with Crippen LogP contribution in [0.4, 0.5) is 0 Å². The van der Waals surface area contributed by atoms with Crippen molar-refractivity contribution < 1.29 is 4.57 Å². The Kier molecular flexibility index (Phi) is 1.59. The van der Waals surface area contributed by atoms with Gasteiger partial charge in [-0.05, 0) is 12.1 Å². The summed E-state index contributed by atoms with van der Waals surface area (Å²) in [5, 5.41) is 5.65. The van der Waals surface area contributed by atoms with E-state index >= 15 is 0 Å². The number of aromatic nitrogens is 5. The summed E-state index contributed by atoms with van der Waals surface area (Å²) in [4.78, 5) is 9.87. The highest BCUT2D eigenvalue weighted by atomic mass is 32.1. The molecule has 0 atom stereocenters. The molecule has 0 bridgehead atoms. The Balaban J connectivity index is 1.94. The third kappa shape index (κ3) is 1.09. The van der Waals surface area contributed by atoms with Crippen LogP contribution < -0.4 is 4.57 Å². The van der Waals surface area contributed by atoms with Crippen LogP contribution in [-0.4, -0.2) is 19.6 Å². The summed E-state index contributed by atoms with van der Waals surface area (Å²) >= 11 is 1.72. The third-order valence-corrected chi connectivity index (χ3v) is 4.60. The first-order chi connectivity index (χ1) is 9.42. The van der Waals surface area contributed by atoms with Crippen molar-refractivity contribution in [2.24, 2.45) is 0 Å². The van der Waals surface area contributed by atoms with Gasteiger partial charge in [-0.1, -0.05) is 21.0 Å². The number of pyridine rings is 1. The molecule has 0 saturated carbocycles. The second kappa shape index (κ2) is 3.16. The summed E-state index contributed by atoms with van der Waals surface area (Å²) in [7, 11) is 0. The van der Waals surface area contributed by atoms with Gasteiger partial charge < -0.3 is 0 Å². The molecule has 4 aromatic heterocycles. The number of hydrogen-bond donors (Lipinski definition) is 0. The van der Waals surface area contributed by atoms with Gasteiger partial charge in [-0.3, -0.25) is 4.98 Å². The molecule has 90 valence electrons. The fraction of sp³-hybridized carbons (Fsp3) is 0.0769. The molecule has 4 aromatic rings. The Morgan fingerprint density at radius 2 is 2.26 bits per heavy atom. The van der Waals surface area contributed by atoms with E-state index in [1.165, 1.54) is 16.1 Å². The van der Waals surface area contributed by atoms with Crippen LogP contribution in [0.3, 0.4) is 0 Å². The minimum atomic E-state index is 0.850. The highest BCUT2D eigenvalue weighted by Gasteiger charge is 2.32. The zero-order chi connectivity index (χ0) is 12.4. The summed E-state index contributed by atoms with van der Waals surface area (Å²) in [6, 6.07) is 5.97. The number of imidazole rings is 1. The second-order valence-corrected chi connectivity index (χ2v) is 5.54. The molecule has 0 fully saturated rings. The highest BCUT2D eigenvalue weighted by molar-refractivity contribution is 7.20. The minimum Gasteiger partial charge on any atom is -0.264 e. The van der Waals surface area contributed by atoms with E-state index in [2.05, 4.69) is 25.7 Å². The first-order valence-corrected chi connectivity index (χ1v) is 6.83. The number of thiazole rings is 1. The third-order valence-electron chi connectivity index (χ3n) is 3.50. The number of nitrogens with zero attached hydrogens (tertiary/aromatic N) is 5. The van der Waals surface area contributed by atoms with Crippen molar-refractivity contribution in [1.82, 2.24) is 19.6 Å². The summed E-state index contributed by atoms with van der Waals surface area (Å²) in [5.41, 5.74) is 4.50. The second-order valence-electron chi connectivity index (χ2n) is 4.56. The van der Waals surface area contributed by atoms with Gasteiger partial charge in [-0.25, -0.2) is 4.57 Å². The van der Waals surface area contributed by atoms with Gasteiger partial charge in [-0.15, -0.1) is 0 Å². The average molecular weight is 266 g/mol. The number of hydrogen-bond acceptors (Lipinski definition) is 4. The molecule has 0 aromatic carbocycles. The normalized spacial score (nSPS) is 13.1. The molecule has 0 aliphatic carbocycles. The van der Waals surface area contributed by atoms with Crippen molar-refractivity contribution >= 4 is 27.5 Å². The summed E-state index contributed by atoms with van der Waals surface area (Å²) < 4.78 is 4.19. The molecule has 19 heavy (non-hydrogen) atoms. The van der Waals surface area contributed by atoms with Crippen LogP contribution in [0.2, 0.25) is 0 Å². The summed E-state index contributed by atoms with van der Waals surface area (Å²) in [5.74, 6) is 0. The number of rotatable bonds is 0. The molecule has 5 nitrogen and oxygen atoms in total. The lowest BCUT2D eigenvalue weighted by Crippen LogP contribution is -2.31. The minimum absolute atomic E-state index is 0.850. The molecule has 5 rings (SSSR count). The van der Waals surface area contributed by atoms with Gasteiger partial charge in [0.05, 0.1) is 6.20 Å². The Bertz CT molecular complexity index is 952. The molecular weight excluding hydrogens is 258 g/mol. The van der Waals surface area contributed by atoms with Gasteiger partial charge in [0.2, 0.25) is 10.5 Å². The van der Waals surface area contributed by atoms with Crippen LogP contribution in [-0.2, 0) is 6.54 Å². The van der Waals surface area contributed by atoms with Crippen molar-refractivity contribution in [3.63, 3.8) is 0 Å². The van der Waals surface area contributed by atoms with Crippen molar-refractivity contribution in [2.45, 2.75) is 6.54 Å². The molecule has 1 aliphatic heterocycles. The zero-order valence-electron chi connectivity index (χ0n) is 9.82. The van der Waals surface area contributed by atoms with Crippen molar-refractivity contribution in [3.05, 3.63) is 42.4 Å². The van der Waals surface area contributed by atoms with E-state index in [-0.39, 0.29) is 0 Å². The molecule has 0 radical (unpaired) electrons. The maximum atomic E-state index is 4.63. The van der Waals surface area contributed by atoms with E-state index in [0.29, 0.717) is 0 Å². The molecule has 0 N–H and O–H groups in total. The molecule has 6 heteroatoms. The molecule has 0 unspecified atom stereocenters. The van der Waals surface area contributed by atoms with Crippen molar-refractivity contribution in [1.29, 1.82) is 0 Å². The maximum absolute atomic E-state index is 4.63. The maximum Gasteiger partial charge on any atom is 0.347 e. The van der Waals surface area contributed by atoms with Crippen molar-refractivity contribution in [2.75, 3.05) is 0 Å². The topological polar surface area (TPSA) is 47.0 Å². The fourth-order valence-corrected chi connectivity index (χ4v) is 3.86. The van der Waals surface area contributed by atoms with Crippen LogP contribution in [0.15, 0.2) is 36.8 Å². The first-order valence-electron chi connectivity index (χ1n) is 6.01. The smallest absolute Gasteiger partial charge is 0.264 e. The van der Waals surface area contributed by atoms with E-state index in [1.807, 2.05) is 29.0 Å². The first kappa shape index (κ1) is 9.57. The van der Waals surface area contributed by atoms with Crippen LogP contribution in [0.5, 0.6) is 0 Å². The fourth-order valence-electron chi connectivity index (χ4n) is 2.68. The Morgan fingerprint density at radius 1 is 1.26 bits per heavy atom. The Hall–Kier alpha value is -2.34. The SMILES string of the molecule is c1cnn2c(c1)nc1sc3[n+](c12)Cc1cnccc1-3. The molecule has 0 saturated heterocycles. The average Bonchev–Trinajstić information content (AvgIpc) is 3.05. The largest absolute Gasteiger partial charge is 0.347 e. The molecule has 0 amide bonds. The molecule has 1 aliphatic rings. The van der Waals surface area contributed by atoms with Crippen LogP contribution >= 0.6 is 11.3 Å². The van der Waals surface area contributed by atoms with Gasteiger partial charge >= 0.3 is 5.65 Å². The lowest BCUT2D eigenvalue weighted by Gasteiger charge is -1.90. The monoisotopic (exact) mass is 266 g/mol. The quantitative estimate of drug-likeness (QED) is 0.400. The standard InChI is InChI=1S/C13H8N5S/c1-2-10-16-11-12(18(10)15-4-1)17-7-8-6-14-5-3-9(8)13(17)19-11/h1-6H,7H2/q+1. The van der Waals surface area contributed by atoms with Gasteiger partial charge in [-0.2, -0.15) is 4.98 Å². The van der Waals surface area contributed by atoms with Crippen LogP contribution in [0, 0.1) is 0 Å². The predicted octanol–water partition coefficient (Wildman–Crippen LogP) is 1.66. The van der Waals surface area contributed by atoms with E-state index < -0.39 is 0 Å². The van der Waals surface area contributed by atoms with Gasteiger partial charge in [0, 0.05) is 29.6 Å². The van der Waals surface area contributed by atoms with E-state index in [0.717, 1.165) is 22.7 Å². The Morgan fingerprint density at radius 3 is 3.26 bits per heavy atom. The summed E-state index contributed by atoms with van der Waals surface area (Å²) in [6.07, 6.45) is 5.58. The van der Waals surface area contributed by atoms with E-state index in [9.17, 15) is 0 Å². The van der Waals surface area contributed by atoms with Crippen LogP contribution in [0.25, 0.3) is 26.7 Å². The molecule has 0 spiro atoms. The van der Waals surface area contributed by atoms with Crippen molar-refractivity contribution in [3.8, 4) is 10.6 Å². The summed E-state index contributed by atoms with van der Waals surface area (Å²) in [6.45, 7) is 0.850. The Labute approximate surface area is 111 Å². The van der Waals surface area contributed by atoms with E-state index in [4.69, 9.17) is 0 Å². The van der Waals surface area contributed by atoms with Gasteiger partial charge in [0.15, 0.2) is 5.01 Å². The molecular formula is C13H8N5S+. The lowest BCUT2D eigenvalue weighted by molar-refractivity contribution is -0.644. The van der Waals surface area contributed by atoms with Crippen LogP contribution in [0.1, 0.15) is 5.56 Å². The van der Waals surface area contributed by atoms with Gasteiger partial charge in [0.25, 0.3) is 0 Å². The molecule has 5 heterocycles. The van der Waals surface area contributed by atoms with Gasteiger partial charge in [0.1, 0.15) is 6.54 Å². The lowest BCUT2D eigenvalue weighted by atomic mass is 10.2. The number of fused-ring (bicyclic) bond motifs is 7. The predicted molar refractivity (Wildman–Crippen MR) is 70.9 cm³/mol. The van der Waals surface area contributed by atoms with E-state index in [1.54, 1.807) is 17.5 Å². The zero-order valence-corrected chi connectivity index (χ0v) is 10.6.